The van der Waals surface area contributed by atoms with Crippen molar-refractivity contribution in [2.24, 2.45) is 5.73 Å². The molecule has 3 unspecified atom stereocenters. The molecule has 0 fully saturated rings. The number of aromatic nitrogens is 1. The minimum absolute atomic E-state index is 0.296. The number of hydrogen-bond acceptors (Lipinski definition) is 7. The van der Waals surface area contributed by atoms with Gasteiger partial charge in [0.15, 0.2) is 0 Å². The van der Waals surface area contributed by atoms with E-state index in [-0.39, 0.29) is 0 Å². The van der Waals surface area contributed by atoms with Gasteiger partial charge in [-0.1, -0.05) is 18.6 Å². The molecule has 0 saturated carbocycles. The Morgan fingerprint density at radius 2 is 1.97 bits per heavy atom. The van der Waals surface area contributed by atoms with Crippen molar-refractivity contribution in [3.05, 3.63) is 35.4 Å². The van der Waals surface area contributed by atoms with Crippen molar-refractivity contribution in [2.45, 2.75) is 71.5 Å². The Kier molecular flexibility index (Phi) is 8.36. The van der Waals surface area contributed by atoms with Crippen molar-refractivity contribution in [1.29, 1.82) is 0 Å². The standard InChI is InChI=1S/C22H37N5O2/c1-6-17(25-13-22(4,5)29)9-10-24-21-18(20(23)26-15(3)28)12-16-11-14(2)7-8-19(16)27-21/h7-8,11-12,15,17,20,25-26,28-29H,6,9-10,13,23H2,1-5H3,(H,24,27). The third kappa shape index (κ3) is 7.53. The average Bonchev–Trinajstić information content (AvgIpc) is 2.62. The van der Waals surface area contributed by atoms with Crippen LogP contribution in [0, 0.1) is 6.92 Å². The zero-order valence-electron chi connectivity index (χ0n) is 18.3. The van der Waals surface area contributed by atoms with Crippen molar-refractivity contribution in [3.63, 3.8) is 0 Å². The maximum absolute atomic E-state index is 9.93. The number of nitrogens with one attached hydrogen (secondary N) is 3. The highest BCUT2D eigenvalue weighted by atomic mass is 16.3. The van der Waals surface area contributed by atoms with Gasteiger partial charge in [-0.25, -0.2) is 4.98 Å². The third-order valence-corrected chi connectivity index (χ3v) is 4.86. The van der Waals surface area contributed by atoms with Gasteiger partial charge in [-0.05, 0) is 58.7 Å². The minimum atomic E-state index is -0.731. The van der Waals surface area contributed by atoms with Crippen LogP contribution in [0.25, 0.3) is 10.9 Å². The van der Waals surface area contributed by atoms with Crippen molar-refractivity contribution in [2.75, 3.05) is 18.4 Å². The Morgan fingerprint density at radius 3 is 2.59 bits per heavy atom. The monoisotopic (exact) mass is 403 g/mol. The normalized spacial score (nSPS) is 15.3. The Balaban J connectivity index is 2.15. The highest BCUT2D eigenvalue weighted by Crippen LogP contribution is 2.25. The second-order valence-electron chi connectivity index (χ2n) is 8.46. The van der Waals surface area contributed by atoms with E-state index in [1.807, 2.05) is 25.1 Å². The van der Waals surface area contributed by atoms with Crippen LogP contribution in [0.1, 0.15) is 57.8 Å². The number of benzene rings is 1. The molecule has 1 aromatic heterocycles. The number of aliphatic hydroxyl groups is 2. The summed E-state index contributed by atoms with van der Waals surface area (Å²) in [6.45, 7) is 10.7. The number of nitrogens with zero attached hydrogens (tertiary/aromatic N) is 1. The van der Waals surface area contributed by atoms with Crippen LogP contribution in [-0.2, 0) is 0 Å². The van der Waals surface area contributed by atoms with Gasteiger partial charge >= 0.3 is 0 Å². The lowest BCUT2D eigenvalue weighted by Crippen LogP contribution is -2.41. The van der Waals surface area contributed by atoms with E-state index in [0.29, 0.717) is 12.6 Å². The lowest BCUT2D eigenvalue weighted by molar-refractivity contribution is 0.0759. The van der Waals surface area contributed by atoms with Gasteiger partial charge in [-0.3, -0.25) is 5.32 Å². The molecule has 0 aliphatic carbocycles. The van der Waals surface area contributed by atoms with Gasteiger partial charge in [-0.2, -0.15) is 0 Å². The fraction of sp³-hybridized carbons (Fsp3) is 0.591. The van der Waals surface area contributed by atoms with E-state index in [2.05, 4.69) is 28.9 Å². The summed E-state index contributed by atoms with van der Waals surface area (Å²) in [5.74, 6) is 0.722. The Hall–Kier alpha value is -1.77. The van der Waals surface area contributed by atoms with E-state index < -0.39 is 18.0 Å². The molecule has 0 bridgehead atoms. The first-order valence-corrected chi connectivity index (χ1v) is 10.4. The first-order chi connectivity index (χ1) is 13.6. The van der Waals surface area contributed by atoms with E-state index in [1.54, 1.807) is 20.8 Å². The summed E-state index contributed by atoms with van der Waals surface area (Å²) in [4.78, 5) is 4.78. The van der Waals surface area contributed by atoms with Gasteiger partial charge in [0.05, 0.1) is 17.3 Å². The summed E-state index contributed by atoms with van der Waals surface area (Å²) in [5.41, 5.74) is 8.44. The highest BCUT2D eigenvalue weighted by Gasteiger charge is 2.17. The summed E-state index contributed by atoms with van der Waals surface area (Å²) in [6, 6.07) is 8.46. The molecule has 0 spiro atoms. The van der Waals surface area contributed by atoms with Crippen molar-refractivity contribution < 1.29 is 10.2 Å². The molecule has 2 rings (SSSR count). The number of aryl methyl sites for hydroxylation is 1. The SMILES string of the molecule is CCC(CCNc1nc2ccc(C)cc2cc1C(N)NC(C)O)NCC(C)(C)O. The van der Waals surface area contributed by atoms with Crippen LogP contribution < -0.4 is 21.7 Å². The summed E-state index contributed by atoms with van der Waals surface area (Å²) in [7, 11) is 0. The molecule has 0 aliphatic rings. The quantitative estimate of drug-likeness (QED) is 0.319. The number of pyridine rings is 1. The maximum Gasteiger partial charge on any atom is 0.132 e. The van der Waals surface area contributed by atoms with Crippen LogP contribution in [0.2, 0.25) is 0 Å². The summed E-state index contributed by atoms with van der Waals surface area (Å²) in [5, 5.41) is 30.4. The fourth-order valence-corrected chi connectivity index (χ4v) is 3.25. The lowest BCUT2D eigenvalue weighted by Gasteiger charge is -2.24. The van der Waals surface area contributed by atoms with E-state index in [0.717, 1.165) is 47.2 Å². The molecule has 7 heteroatoms. The fourth-order valence-electron chi connectivity index (χ4n) is 3.25. The second kappa shape index (κ2) is 10.3. The predicted molar refractivity (Wildman–Crippen MR) is 120 cm³/mol. The molecule has 0 amide bonds. The Morgan fingerprint density at radius 1 is 1.24 bits per heavy atom. The zero-order chi connectivity index (χ0) is 21.6. The summed E-state index contributed by atoms with van der Waals surface area (Å²) >= 11 is 0. The molecule has 0 radical (unpaired) electrons. The average molecular weight is 404 g/mol. The topological polar surface area (TPSA) is 115 Å². The number of nitrogens with two attached hydrogens (primary N) is 1. The number of fused-ring (bicyclic) bond motifs is 1. The van der Waals surface area contributed by atoms with Crippen molar-refractivity contribution in [3.8, 4) is 0 Å². The van der Waals surface area contributed by atoms with Crippen molar-refractivity contribution in [1.82, 2.24) is 15.6 Å². The molecular formula is C22H37N5O2. The molecular weight excluding hydrogens is 366 g/mol. The van der Waals surface area contributed by atoms with Gasteiger partial charge < -0.3 is 26.6 Å². The molecule has 3 atom stereocenters. The van der Waals surface area contributed by atoms with E-state index >= 15 is 0 Å². The van der Waals surface area contributed by atoms with Gasteiger partial charge in [-0.15, -0.1) is 0 Å². The van der Waals surface area contributed by atoms with Crippen LogP contribution in [-0.4, -0.2) is 46.2 Å². The molecule has 0 aliphatic heterocycles. The smallest absolute Gasteiger partial charge is 0.132 e. The van der Waals surface area contributed by atoms with Crippen LogP contribution in [0.5, 0.6) is 0 Å². The zero-order valence-corrected chi connectivity index (χ0v) is 18.3. The number of rotatable bonds is 11. The van der Waals surface area contributed by atoms with Crippen LogP contribution in [0.15, 0.2) is 24.3 Å². The Labute approximate surface area is 174 Å². The summed E-state index contributed by atoms with van der Waals surface area (Å²) in [6.07, 6.45) is 0.600. The Bertz CT molecular complexity index is 789. The second-order valence-corrected chi connectivity index (χ2v) is 8.46. The molecule has 29 heavy (non-hydrogen) atoms. The lowest BCUT2D eigenvalue weighted by atomic mass is 10.1. The highest BCUT2D eigenvalue weighted by molar-refractivity contribution is 5.82. The first kappa shape index (κ1) is 23.5. The van der Waals surface area contributed by atoms with E-state index in [1.165, 1.54) is 0 Å². The minimum Gasteiger partial charge on any atom is -0.389 e. The molecule has 0 saturated heterocycles. The molecule has 1 aromatic carbocycles. The predicted octanol–water partition coefficient (Wildman–Crippen LogP) is 2.37. The molecule has 1 heterocycles. The molecule has 7 nitrogen and oxygen atoms in total. The van der Waals surface area contributed by atoms with Crippen LogP contribution in [0.3, 0.4) is 0 Å². The van der Waals surface area contributed by atoms with Gasteiger partial charge in [0, 0.05) is 30.1 Å². The number of aliphatic hydroxyl groups excluding tert-OH is 1. The third-order valence-electron chi connectivity index (χ3n) is 4.86. The van der Waals surface area contributed by atoms with E-state index in [9.17, 15) is 10.2 Å². The van der Waals surface area contributed by atoms with Gasteiger partial charge in [0.2, 0.25) is 0 Å². The molecule has 2 aromatic rings. The van der Waals surface area contributed by atoms with E-state index in [4.69, 9.17) is 10.7 Å². The van der Waals surface area contributed by atoms with Gasteiger partial charge in [0.25, 0.3) is 0 Å². The largest absolute Gasteiger partial charge is 0.389 e. The molecule has 7 N–H and O–H groups in total. The number of hydrogen-bond donors (Lipinski definition) is 6. The first-order valence-electron chi connectivity index (χ1n) is 10.4. The van der Waals surface area contributed by atoms with Crippen molar-refractivity contribution >= 4 is 16.7 Å². The maximum atomic E-state index is 9.93. The van der Waals surface area contributed by atoms with Gasteiger partial charge in [0.1, 0.15) is 12.0 Å². The molecule has 162 valence electrons. The van der Waals surface area contributed by atoms with Crippen LogP contribution >= 0.6 is 0 Å². The van der Waals surface area contributed by atoms with Crippen LogP contribution in [0.4, 0.5) is 5.82 Å². The summed E-state index contributed by atoms with van der Waals surface area (Å²) < 4.78 is 0. The number of anilines is 1.